The fourth-order valence-corrected chi connectivity index (χ4v) is 2.08. The molecule has 1 atom stereocenters. The molecule has 2 rings (SSSR count). The molecule has 3 nitrogen and oxygen atoms in total. The Balaban J connectivity index is 2.21. The first-order valence-corrected chi connectivity index (χ1v) is 5.07. The Hall–Kier alpha value is -0.800. The van der Waals surface area contributed by atoms with Crippen LogP contribution in [0.2, 0.25) is 0 Å². The molecule has 0 saturated heterocycles. The zero-order valence-corrected chi connectivity index (χ0v) is 8.80. The van der Waals surface area contributed by atoms with Crippen LogP contribution in [0.15, 0.2) is 16.7 Å². The Morgan fingerprint density at radius 2 is 2.50 bits per heavy atom. The van der Waals surface area contributed by atoms with Crippen LogP contribution in [0.25, 0.3) is 0 Å². The molecule has 0 aromatic carbocycles. The topological polar surface area (TPSA) is 34.4 Å². The van der Waals surface area contributed by atoms with Gasteiger partial charge in [0.15, 0.2) is 0 Å². The molecular weight excluding hydrogens is 178 g/mol. The lowest BCUT2D eigenvalue weighted by Crippen LogP contribution is -2.45. The highest BCUT2D eigenvalue weighted by atomic mass is 16.5. The molecule has 1 aliphatic rings. The van der Waals surface area contributed by atoms with Crippen molar-refractivity contribution < 1.29 is 9.15 Å². The van der Waals surface area contributed by atoms with Crippen LogP contribution in [0.4, 0.5) is 0 Å². The van der Waals surface area contributed by atoms with Gasteiger partial charge in [0, 0.05) is 20.3 Å². The van der Waals surface area contributed by atoms with Gasteiger partial charge in [-0.2, -0.15) is 0 Å². The third-order valence-corrected chi connectivity index (χ3v) is 2.96. The normalized spacial score (nSPS) is 26.1. The van der Waals surface area contributed by atoms with Gasteiger partial charge in [0.2, 0.25) is 0 Å². The van der Waals surface area contributed by atoms with E-state index in [0.717, 1.165) is 31.8 Å². The summed E-state index contributed by atoms with van der Waals surface area (Å²) in [6.45, 7) is 3.95. The summed E-state index contributed by atoms with van der Waals surface area (Å²) in [7, 11) is 1.73. The van der Waals surface area contributed by atoms with Crippen LogP contribution in [-0.2, 0) is 16.7 Å². The van der Waals surface area contributed by atoms with Crippen molar-refractivity contribution in [3.8, 4) is 0 Å². The third-order valence-electron chi connectivity index (χ3n) is 2.96. The maximum atomic E-state index is 5.55. The minimum absolute atomic E-state index is 0.0485. The predicted octanol–water partition coefficient (Wildman–Crippen LogP) is 1.68. The lowest BCUT2D eigenvalue weighted by molar-refractivity contribution is 0.145. The molecule has 0 fully saturated rings. The van der Waals surface area contributed by atoms with E-state index in [1.165, 1.54) is 5.56 Å². The molecule has 1 aromatic heterocycles. The molecular formula is C11H17NO2. The molecule has 1 N–H and O–H groups in total. The van der Waals surface area contributed by atoms with Crippen LogP contribution in [0.5, 0.6) is 0 Å². The van der Waals surface area contributed by atoms with Crippen molar-refractivity contribution in [3.05, 3.63) is 23.7 Å². The van der Waals surface area contributed by atoms with Crippen LogP contribution in [0.1, 0.15) is 24.7 Å². The molecule has 2 heterocycles. The summed E-state index contributed by atoms with van der Waals surface area (Å²) in [5.41, 5.74) is 1.29. The standard InChI is InChI=1S/C11H17NO2/c1-11(5-8-13-2)10-9(3-6-12-11)4-7-14-10/h4,7,12H,3,5-6,8H2,1-2H3. The van der Waals surface area contributed by atoms with Gasteiger partial charge < -0.3 is 14.5 Å². The first kappa shape index (κ1) is 9.74. The van der Waals surface area contributed by atoms with Crippen molar-refractivity contribution in [1.29, 1.82) is 0 Å². The van der Waals surface area contributed by atoms with E-state index in [4.69, 9.17) is 9.15 Å². The van der Waals surface area contributed by atoms with Crippen molar-refractivity contribution in [3.63, 3.8) is 0 Å². The minimum Gasteiger partial charge on any atom is -0.467 e. The van der Waals surface area contributed by atoms with Crippen LogP contribution in [-0.4, -0.2) is 20.3 Å². The van der Waals surface area contributed by atoms with E-state index >= 15 is 0 Å². The molecule has 0 spiro atoms. The Morgan fingerprint density at radius 3 is 3.29 bits per heavy atom. The highest BCUT2D eigenvalue weighted by Crippen LogP contribution is 2.31. The second kappa shape index (κ2) is 3.75. The van der Waals surface area contributed by atoms with E-state index in [0.29, 0.717) is 0 Å². The fourth-order valence-electron chi connectivity index (χ4n) is 2.08. The van der Waals surface area contributed by atoms with Gasteiger partial charge in [-0.05, 0) is 31.4 Å². The van der Waals surface area contributed by atoms with Crippen molar-refractivity contribution in [1.82, 2.24) is 5.32 Å². The number of methoxy groups -OCH3 is 1. The molecule has 0 amide bonds. The average molecular weight is 195 g/mol. The van der Waals surface area contributed by atoms with E-state index in [9.17, 15) is 0 Å². The van der Waals surface area contributed by atoms with Gasteiger partial charge >= 0.3 is 0 Å². The number of furan rings is 1. The Kier molecular flexibility index (Phi) is 2.61. The number of fused-ring (bicyclic) bond motifs is 1. The molecule has 78 valence electrons. The Bertz CT molecular complexity index is 308. The molecule has 0 saturated carbocycles. The van der Waals surface area contributed by atoms with E-state index in [1.807, 2.05) is 0 Å². The van der Waals surface area contributed by atoms with Crippen molar-refractivity contribution in [2.45, 2.75) is 25.3 Å². The van der Waals surface area contributed by atoms with Gasteiger partial charge in [-0.1, -0.05) is 0 Å². The van der Waals surface area contributed by atoms with Crippen molar-refractivity contribution in [2.75, 3.05) is 20.3 Å². The lowest BCUT2D eigenvalue weighted by Gasteiger charge is -2.33. The highest BCUT2D eigenvalue weighted by Gasteiger charge is 2.34. The molecule has 14 heavy (non-hydrogen) atoms. The molecule has 1 aliphatic heterocycles. The summed E-state index contributed by atoms with van der Waals surface area (Å²) in [5, 5.41) is 3.50. The zero-order valence-electron chi connectivity index (χ0n) is 8.80. The molecule has 1 aromatic rings. The van der Waals surface area contributed by atoms with Gasteiger partial charge in [-0.3, -0.25) is 0 Å². The first-order chi connectivity index (χ1) is 6.76. The monoisotopic (exact) mass is 195 g/mol. The smallest absolute Gasteiger partial charge is 0.126 e. The molecule has 1 unspecified atom stereocenters. The number of rotatable bonds is 3. The largest absolute Gasteiger partial charge is 0.467 e. The summed E-state index contributed by atoms with van der Waals surface area (Å²) < 4.78 is 10.7. The molecule has 3 heteroatoms. The molecule has 0 aliphatic carbocycles. The van der Waals surface area contributed by atoms with Gasteiger partial charge in [0.05, 0.1) is 11.8 Å². The minimum atomic E-state index is -0.0485. The van der Waals surface area contributed by atoms with Gasteiger partial charge in [-0.15, -0.1) is 0 Å². The summed E-state index contributed by atoms with van der Waals surface area (Å²) in [6.07, 6.45) is 3.79. The Labute approximate surface area is 84.4 Å². The number of nitrogens with one attached hydrogen (secondary N) is 1. The van der Waals surface area contributed by atoms with E-state index < -0.39 is 0 Å². The average Bonchev–Trinajstić information content (AvgIpc) is 2.65. The quantitative estimate of drug-likeness (QED) is 0.796. The van der Waals surface area contributed by atoms with E-state index in [-0.39, 0.29) is 5.54 Å². The summed E-state index contributed by atoms with van der Waals surface area (Å²) in [6, 6.07) is 2.07. The maximum Gasteiger partial charge on any atom is 0.126 e. The van der Waals surface area contributed by atoms with Gasteiger partial charge in [0.1, 0.15) is 5.76 Å². The lowest BCUT2D eigenvalue weighted by atomic mass is 9.88. The van der Waals surface area contributed by atoms with Crippen LogP contribution in [0.3, 0.4) is 0 Å². The summed E-state index contributed by atoms with van der Waals surface area (Å²) in [5.74, 6) is 1.08. The van der Waals surface area contributed by atoms with Gasteiger partial charge in [0.25, 0.3) is 0 Å². The SMILES string of the molecule is COCCC1(C)NCCc2ccoc21. The number of hydrogen-bond acceptors (Lipinski definition) is 3. The molecule has 0 radical (unpaired) electrons. The third kappa shape index (κ3) is 1.57. The van der Waals surface area contributed by atoms with Crippen LogP contribution >= 0.6 is 0 Å². The highest BCUT2D eigenvalue weighted by molar-refractivity contribution is 5.27. The zero-order chi connectivity index (χ0) is 10.0. The van der Waals surface area contributed by atoms with E-state index in [2.05, 4.69) is 18.3 Å². The van der Waals surface area contributed by atoms with Crippen molar-refractivity contribution in [2.24, 2.45) is 0 Å². The van der Waals surface area contributed by atoms with Gasteiger partial charge in [-0.25, -0.2) is 0 Å². The molecule has 0 bridgehead atoms. The maximum absolute atomic E-state index is 5.55. The van der Waals surface area contributed by atoms with Crippen LogP contribution < -0.4 is 5.32 Å². The second-order valence-corrected chi connectivity index (χ2v) is 4.03. The van der Waals surface area contributed by atoms with Crippen molar-refractivity contribution >= 4 is 0 Å². The summed E-state index contributed by atoms with van der Waals surface area (Å²) in [4.78, 5) is 0. The van der Waals surface area contributed by atoms with E-state index in [1.54, 1.807) is 13.4 Å². The Morgan fingerprint density at radius 1 is 1.64 bits per heavy atom. The second-order valence-electron chi connectivity index (χ2n) is 4.03. The summed E-state index contributed by atoms with van der Waals surface area (Å²) >= 11 is 0. The number of ether oxygens (including phenoxy) is 1. The fraction of sp³-hybridized carbons (Fsp3) is 0.636. The predicted molar refractivity (Wildman–Crippen MR) is 54.3 cm³/mol. The number of hydrogen-bond donors (Lipinski definition) is 1. The first-order valence-electron chi connectivity index (χ1n) is 5.07. The van der Waals surface area contributed by atoms with Crippen LogP contribution in [0, 0.1) is 0 Å².